The van der Waals surface area contributed by atoms with Crippen LogP contribution in [0.25, 0.3) is 0 Å². The highest BCUT2D eigenvalue weighted by atomic mass is 35.5. The van der Waals surface area contributed by atoms with E-state index >= 15 is 0 Å². The van der Waals surface area contributed by atoms with Crippen molar-refractivity contribution in [1.82, 2.24) is 0 Å². The fourth-order valence-corrected chi connectivity index (χ4v) is 3.67. The van der Waals surface area contributed by atoms with Crippen LogP contribution in [0.15, 0.2) is 72.8 Å². The van der Waals surface area contributed by atoms with Gasteiger partial charge in [0.2, 0.25) is 0 Å². The summed E-state index contributed by atoms with van der Waals surface area (Å²) in [4.78, 5) is 40.8. The van der Waals surface area contributed by atoms with Crippen LogP contribution in [0.1, 0.15) is 42.2 Å². The summed E-state index contributed by atoms with van der Waals surface area (Å²) in [6.45, 7) is 0.217. The Morgan fingerprint density at radius 3 is 2.04 bits per heavy atom. The zero-order valence-electron chi connectivity index (χ0n) is 14.9. The van der Waals surface area contributed by atoms with Gasteiger partial charge in [0, 0.05) is 34.7 Å². The molecule has 3 aromatic carbocycles. The van der Waals surface area contributed by atoms with Crippen LogP contribution in [0.4, 0.5) is 5.69 Å². The molecule has 0 saturated heterocycles. The number of carbonyl (C=O) groups is 3. The van der Waals surface area contributed by atoms with E-state index in [-0.39, 0.29) is 35.5 Å². The van der Waals surface area contributed by atoms with Crippen LogP contribution in [0, 0.1) is 0 Å². The van der Waals surface area contributed by atoms with Crippen molar-refractivity contribution in [1.29, 1.82) is 0 Å². The van der Waals surface area contributed by atoms with Crippen molar-refractivity contribution in [2.75, 3.05) is 17.3 Å². The summed E-state index contributed by atoms with van der Waals surface area (Å²) in [5.41, 5.74) is 2.18. The average molecular weight is 390 g/mol. The maximum Gasteiger partial charge on any atom is 0.258 e. The van der Waals surface area contributed by atoms with E-state index in [1.807, 2.05) is 6.07 Å². The van der Waals surface area contributed by atoms with Gasteiger partial charge in [-0.05, 0) is 18.2 Å². The number of rotatable bonds is 4. The Labute approximate surface area is 167 Å². The molecule has 4 nitrogen and oxygen atoms in total. The summed E-state index contributed by atoms with van der Waals surface area (Å²) in [6, 6.07) is 20.5. The molecule has 0 bridgehead atoms. The largest absolute Gasteiger partial charge is 0.306 e. The van der Waals surface area contributed by atoms with E-state index in [4.69, 9.17) is 11.6 Å². The molecular weight excluding hydrogens is 374 g/mol. The second-order valence-corrected chi connectivity index (χ2v) is 6.79. The van der Waals surface area contributed by atoms with E-state index in [0.717, 1.165) is 0 Å². The van der Waals surface area contributed by atoms with E-state index < -0.39 is 0 Å². The molecule has 28 heavy (non-hydrogen) atoms. The first kappa shape index (κ1) is 18.1. The summed E-state index contributed by atoms with van der Waals surface area (Å²) >= 11 is 5.96. The number of hydrogen-bond acceptors (Lipinski definition) is 3. The highest BCUT2D eigenvalue weighted by Crippen LogP contribution is 2.34. The zero-order valence-corrected chi connectivity index (χ0v) is 15.6. The van der Waals surface area contributed by atoms with Gasteiger partial charge in [0.15, 0.2) is 11.6 Å². The third kappa shape index (κ3) is 2.92. The van der Waals surface area contributed by atoms with Crippen LogP contribution in [0.3, 0.4) is 0 Å². The zero-order chi connectivity index (χ0) is 19.7. The van der Waals surface area contributed by atoms with Gasteiger partial charge in [0.1, 0.15) is 0 Å². The summed E-state index contributed by atoms with van der Waals surface area (Å²) in [5, 5.41) is 0. The van der Waals surface area contributed by atoms with Gasteiger partial charge in [-0.1, -0.05) is 54.6 Å². The fraction of sp³-hybridized carbons (Fsp3) is 0.0870. The number of hydrogen-bond donors (Lipinski definition) is 0. The van der Waals surface area contributed by atoms with Crippen molar-refractivity contribution in [2.24, 2.45) is 0 Å². The number of benzene rings is 3. The van der Waals surface area contributed by atoms with E-state index in [0.29, 0.717) is 27.9 Å². The molecule has 4 rings (SSSR count). The standard InChI is InChI=1S/C23H16ClNO3/c24-13-14-25(23(28)15-7-2-1-3-8-15)19-12-6-11-18-20(19)22(27)17-10-5-4-9-16(17)21(18)26/h1-12H,13-14H2. The number of anilines is 1. The number of ketones is 2. The number of amides is 1. The Balaban J connectivity index is 1.88. The van der Waals surface area contributed by atoms with E-state index in [9.17, 15) is 14.4 Å². The van der Waals surface area contributed by atoms with Crippen LogP contribution in [0.2, 0.25) is 0 Å². The Morgan fingerprint density at radius 1 is 0.750 bits per heavy atom. The van der Waals surface area contributed by atoms with Gasteiger partial charge in [-0.2, -0.15) is 0 Å². The minimum Gasteiger partial charge on any atom is -0.306 e. The van der Waals surface area contributed by atoms with E-state index in [1.165, 1.54) is 4.90 Å². The van der Waals surface area contributed by atoms with Gasteiger partial charge in [0.25, 0.3) is 5.91 Å². The molecule has 0 fully saturated rings. The van der Waals surface area contributed by atoms with Gasteiger partial charge in [-0.15, -0.1) is 11.6 Å². The molecule has 138 valence electrons. The monoisotopic (exact) mass is 389 g/mol. The highest BCUT2D eigenvalue weighted by Gasteiger charge is 2.33. The molecule has 5 heteroatoms. The van der Waals surface area contributed by atoms with E-state index in [2.05, 4.69) is 0 Å². The van der Waals surface area contributed by atoms with Gasteiger partial charge < -0.3 is 4.90 Å². The maximum absolute atomic E-state index is 13.2. The predicted molar refractivity (Wildman–Crippen MR) is 109 cm³/mol. The summed E-state index contributed by atoms with van der Waals surface area (Å²) in [6.07, 6.45) is 0. The molecule has 0 aliphatic heterocycles. The Hall–Kier alpha value is -3.24. The molecule has 0 spiro atoms. The number of nitrogens with zero attached hydrogens (tertiary/aromatic N) is 1. The fourth-order valence-electron chi connectivity index (χ4n) is 3.50. The molecule has 1 aliphatic rings. The molecule has 0 heterocycles. The minimum absolute atomic E-state index is 0.195. The molecule has 0 unspecified atom stereocenters. The lowest BCUT2D eigenvalue weighted by Gasteiger charge is -2.27. The second-order valence-electron chi connectivity index (χ2n) is 6.42. The summed E-state index contributed by atoms with van der Waals surface area (Å²) < 4.78 is 0. The highest BCUT2D eigenvalue weighted by molar-refractivity contribution is 6.31. The number of alkyl halides is 1. The quantitative estimate of drug-likeness (QED) is 0.488. The van der Waals surface area contributed by atoms with Crippen molar-refractivity contribution in [3.8, 4) is 0 Å². The van der Waals surface area contributed by atoms with Crippen LogP contribution in [-0.4, -0.2) is 29.9 Å². The Kier molecular flexibility index (Phi) is 4.80. The van der Waals surface area contributed by atoms with Crippen molar-refractivity contribution < 1.29 is 14.4 Å². The van der Waals surface area contributed by atoms with Crippen LogP contribution in [-0.2, 0) is 0 Å². The molecule has 3 aromatic rings. The van der Waals surface area contributed by atoms with Crippen molar-refractivity contribution in [3.05, 3.63) is 101 Å². The SMILES string of the molecule is O=C1c2ccccc2C(=O)c2c1cccc2N(CCCl)C(=O)c1ccccc1. The molecule has 1 aliphatic carbocycles. The molecule has 0 radical (unpaired) electrons. The van der Waals surface area contributed by atoms with Gasteiger partial charge in [-0.3, -0.25) is 14.4 Å². The smallest absolute Gasteiger partial charge is 0.258 e. The number of halogens is 1. The van der Waals surface area contributed by atoms with Crippen molar-refractivity contribution in [2.45, 2.75) is 0 Å². The Morgan fingerprint density at radius 2 is 1.36 bits per heavy atom. The van der Waals surface area contributed by atoms with Crippen molar-refractivity contribution in [3.63, 3.8) is 0 Å². The number of carbonyl (C=O) groups excluding carboxylic acids is 3. The Bertz CT molecular complexity index is 1090. The first-order valence-electron chi connectivity index (χ1n) is 8.88. The topological polar surface area (TPSA) is 54.5 Å². The molecule has 0 N–H and O–H groups in total. The molecule has 1 amide bonds. The molecule has 0 aromatic heterocycles. The third-order valence-corrected chi connectivity index (χ3v) is 4.96. The molecular formula is C23H16ClNO3. The first-order valence-corrected chi connectivity index (χ1v) is 9.41. The second kappa shape index (κ2) is 7.41. The van der Waals surface area contributed by atoms with Gasteiger partial charge in [0.05, 0.1) is 11.3 Å². The lowest BCUT2D eigenvalue weighted by molar-refractivity contribution is 0.0973. The van der Waals surface area contributed by atoms with Crippen LogP contribution >= 0.6 is 11.6 Å². The maximum atomic E-state index is 13.2. The van der Waals surface area contributed by atoms with Gasteiger partial charge >= 0.3 is 0 Å². The van der Waals surface area contributed by atoms with E-state index in [1.54, 1.807) is 66.7 Å². The van der Waals surface area contributed by atoms with Gasteiger partial charge in [-0.25, -0.2) is 0 Å². The molecule has 0 atom stereocenters. The summed E-state index contributed by atoms with van der Waals surface area (Å²) in [5.74, 6) is -0.555. The first-order chi connectivity index (χ1) is 13.6. The van der Waals surface area contributed by atoms with Crippen LogP contribution < -0.4 is 4.90 Å². The van der Waals surface area contributed by atoms with Crippen molar-refractivity contribution >= 4 is 34.8 Å². The average Bonchev–Trinajstić information content (AvgIpc) is 2.75. The lowest BCUT2D eigenvalue weighted by Crippen LogP contribution is -2.35. The lowest BCUT2D eigenvalue weighted by atomic mass is 9.83. The summed E-state index contributed by atoms with van der Waals surface area (Å²) in [7, 11) is 0. The molecule has 0 saturated carbocycles. The number of fused-ring (bicyclic) bond motifs is 2. The third-order valence-electron chi connectivity index (χ3n) is 4.80. The normalized spacial score (nSPS) is 12.3. The predicted octanol–water partition coefficient (Wildman–Crippen LogP) is 4.35. The minimum atomic E-state index is -0.270. The van der Waals surface area contributed by atoms with Crippen LogP contribution in [0.5, 0.6) is 0 Å².